The topological polar surface area (TPSA) is 26.3 Å². The van der Waals surface area contributed by atoms with Crippen molar-refractivity contribution < 1.29 is 22.7 Å². The Morgan fingerprint density at radius 3 is 2.56 bits per heavy atom. The quantitative estimate of drug-likeness (QED) is 0.542. The van der Waals surface area contributed by atoms with Gasteiger partial charge in [0.1, 0.15) is 0 Å². The first-order valence-electron chi connectivity index (χ1n) is 5.36. The molecule has 4 atom stereocenters. The minimum Gasteiger partial charge on any atom is -0.466 e. The van der Waals surface area contributed by atoms with Gasteiger partial charge in [0.05, 0.1) is 18.4 Å². The summed E-state index contributed by atoms with van der Waals surface area (Å²) in [6.07, 6.45) is -0.595. The molecule has 0 saturated heterocycles. The van der Waals surface area contributed by atoms with Crippen molar-refractivity contribution >= 4 is 5.97 Å². The van der Waals surface area contributed by atoms with Crippen molar-refractivity contribution in [3.63, 3.8) is 0 Å². The van der Waals surface area contributed by atoms with Crippen LogP contribution in [0.15, 0.2) is 12.2 Å². The van der Waals surface area contributed by atoms with Crippen LogP contribution in [0.1, 0.15) is 13.3 Å². The van der Waals surface area contributed by atoms with Crippen LogP contribution in [0.3, 0.4) is 0 Å². The summed E-state index contributed by atoms with van der Waals surface area (Å²) < 4.78 is 43.2. The Morgan fingerprint density at radius 1 is 1.38 bits per heavy atom. The van der Waals surface area contributed by atoms with E-state index < -0.39 is 29.9 Å². The molecule has 0 aromatic carbocycles. The molecule has 0 aromatic heterocycles. The van der Waals surface area contributed by atoms with Gasteiger partial charge in [-0.1, -0.05) is 12.2 Å². The summed E-state index contributed by atoms with van der Waals surface area (Å²) in [7, 11) is 0. The molecule has 2 rings (SSSR count). The molecule has 0 aromatic rings. The third-order valence-corrected chi connectivity index (χ3v) is 3.40. The van der Waals surface area contributed by atoms with Gasteiger partial charge in [0.15, 0.2) is 0 Å². The van der Waals surface area contributed by atoms with Gasteiger partial charge in [-0.3, -0.25) is 4.79 Å². The monoisotopic (exact) mass is 234 g/mol. The maximum absolute atomic E-state index is 12.8. The number of fused-ring (bicyclic) bond motifs is 2. The Morgan fingerprint density at radius 2 is 2.00 bits per heavy atom. The van der Waals surface area contributed by atoms with E-state index >= 15 is 0 Å². The molecule has 0 N–H and O–H groups in total. The highest BCUT2D eigenvalue weighted by atomic mass is 19.4. The fraction of sp³-hybridized carbons (Fsp3) is 0.727. The van der Waals surface area contributed by atoms with Crippen molar-refractivity contribution in [1.82, 2.24) is 0 Å². The average Bonchev–Trinajstić information content (AvgIpc) is 2.74. The van der Waals surface area contributed by atoms with E-state index in [4.69, 9.17) is 4.74 Å². The molecule has 0 amide bonds. The number of hydrogen-bond donors (Lipinski definition) is 0. The van der Waals surface area contributed by atoms with Crippen LogP contribution in [0.5, 0.6) is 0 Å². The number of ether oxygens (including phenoxy) is 1. The number of alkyl halides is 3. The van der Waals surface area contributed by atoms with Crippen molar-refractivity contribution in [2.24, 2.45) is 23.7 Å². The minimum atomic E-state index is -4.32. The van der Waals surface area contributed by atoms with Gasteiger partial charge in [0.2, 0.25) is 0 Å². The Hall–Kier alpha value is -1.00. The van der Waals surface area contributed by atoms with Crippen molar-refractivity contribution in [3.8, 4) is 0 Å². The van der Waals surface area contributed by atoms with E-state index in [0.29, 0.717) is 6.42 Å². The van der Waals surface area contributed by atoms with Gasteiger partial charge in [-0.15, -0.1) is 0 Å². The van der Waals surface area contributed by atoms with Crippen molar-refractivity contribution in [3.05, 3.63) is 12.2 Å². The molecule has 2 aliphatic rings. The van der Waals surface area contributed by atoms with Crippen LogP contribution in [-0.2, 0) is 9.53 Å². The van der Waals surface area contributed by atoms with Crippen LogP contribution in [0.4, 0.5) is 13.2 Å². The van der Waals surface area contributed by atoms with Crippen molar-refractivity contribution in [2.45, 2.75) is 19.5 Å². The third kappa shape index (κ3) is 1.72. The maximum Gasteiger partial charge on any atom is 0.393 e. The molecule has 2 unspecified atom stereocenters. The highest BCUT2D eigenvalue weighted by Gasteiger charge is 2.59. The molecule has 0 spiro atoms. The highest BCUT2D eigenvalue weighted by Crippen LogP contribution is 2.54. The van der Waals surface area contributed by atoms with Gasteiger partial charge >= 0.3 is 12.1 Å². The van der Waals surface area contributed by atoms with E-state index in [9.17, 15) is 18.0 Å². The number of allylic oxidation sites excluding steroid dienone is 2. The number of hydrogen-bond acceptors (Lipinski definition) is 2. The first-order valence-corrected chi connectivity index (χ1v) is 5.36. The Balaban J connectivity index is 2.22. The molecule has 2 aliphatic carbocycles. The van der Waals surface area contributed by atoms with Gasteiger partial charge in [0, 0.05) is 0 Å². The second-order valence-electron chi connectivity index (χ2n) is 4.29. The summed E-state index contributed by atoms with van der Waals surface area (Å²) in [5, 5.41) is 0. The zero-order valence-electron chi connectivity index (χ0n) is 8.83. The fourth-order valence-electron chi connectivity index (χ4n) is 2.83. The first-order chi connectivity index (χ1) is 7.45. The van der Waals surface area contributed by atoms with Gasteiger partial charge < -0.3 is 4.74 Å². The third-order valence-electron chi connectivity index (χ3n) is 3.40. The number of carbonyl (C=O) groups is 1. The van der Waals surface area contributed by atoms with Crippen molar-refractivity contribution in [2.75, 3.05) is 6.61 Å². The molecular weight excluding hydrogens is 221 g/mol. The van der Waals surface area contributed by atoms with Crippen LogP contribution in [-0.4, -0.2) is 18.8 Å². The van der Waals surface area contributed by atoms with Gasteiger partial charge in [-0.05, 0) is 25.2 Å². The summed E-state index contributed by atoms with van der Waals surface area (Å²) in [4.78, 5) is 11.5. The van der Waals surface area contributed by atoms with E-state index in [1.54, 1.807) is 19.1 Å². The van der Waals surface area contributed by atoms with E-state index in [0.717, 1.165) is 0 Å². The summed E-state index contributed by atoms with van der Waals surface area (Å²) in [5.41, 5.74) is 0. The Bertz CT molecular complexity index is 322. The minimum absolute atomic E-state index is 0.126. The lowest BCUT2D eigenvalue weighted by Gasteiger charge is -2.28. The van der Waals surface area contributed by atoms with Crippen LogP contribution >= 0.6 is 0 Å². The predicted octanol–water partition coefficient (Wildman–Crippen LogP) is 2.55. The molecule has 1 saturated carbocycles. The molecule has 2 bridgehead atoms. The standard InChI is InChI=1S/C11H13F3O2/c1-2-16-10(15)8-6-3-4-7(5-6)9(8)11(12,13)14/h3-4,6-9H,2,5H2,1H3/t6?,7?,8-,9-/m0/s1. The molecule has 90 valence electrons. The number of carbonyl (C=O) groups excluding carboxylic acids is 1. The summed E-state index contributed by atoms with van der Waals surface area (Å²) in [5.74, 6) is -4.13. The van der Waals surface area contributed by atoms with E-state index in [-0.39, 0.29) is 12.5 Å². The lowest BCUT2D eigenvalue weighted by atomic mass is 9.82. The van der Waals surface area contributed by atoms with Crippen LogP contribution in [0.2, 0.25) is 0 Å². The average molecular weight is 234 g/mol. The van der Waals surface area contributed by atoms with E-state index in [1.807, 2.05) is 0 Å². The summed E-state index contributed by atoms with van der Waals surface area (Å²) in [6.45, 7) is 1.73. The number of halogens is 3. The second kappa shape index (κ2) is 3.79. The SMILES string of the molecule is CCOC(=O)[C@H]1C2C=CC(C2)[C@@H]1C(F)(F)F. The van der Waals surface area contributed by atoms with Gasteiger partial charge in [-0.2, -0.15) is 13.2 Å². The van der Waals surface area contributed by atoms with Gasteiger partial charge in [0.25, 0.3) is 0 Å². The molecule has 2 nitrogen and oxygen atoms in total. The second-order valence-corrected chi connectivity index (χ2v) is 4.29. The molecule has 5 heteroatoms. The molecule has 0 aliphatic heterocycles. The van der Waals surface area contributed by atoms with E-state index in [2.05, 4.69) is 0 Å². The fourth-order valence-corrected chi connectivity index (χ4v) is 2.83. The number of rotatable bonds is 2. The van der Waals surface area contributed by atoms with Crippen LogP contribution in [0.25, 0.3) is 0 Å². The summed E-state index contributed by atoms with van der Waals surface area (Å²) in [6, 6.07) is 0. The zero-order chi connectivity index (χ0) is 11.9. The smallest absolute Gasteiger partial charge is 0.393 e. The normalized spacial score (nSPS) is 36.8. The molecule has 0 radical (unpaired) electrons. The first kappa shape index (κ1) is 11.5. The predicted molar refractivity (Wildman–Crippen MR) is 50.4 cm³/mol. The summed E-state index contributed by atoms with van der Waals surface area (Å²) >= 11 is 0. The largest absolute Gasteiger partial charge is 0.466 e. The van der Waals surface area contributed by atoms with E-state index in [1.165, 1.54) is 0 Å². The molecular formula is C11H13F3O2. The highest BCUT2D eigenvalue weighted by molar-refractivity contribution is 5.74. The maximum atomic E-state index is 12.8. The van der Waals surface area contributed by atoms with Crippen LogP contribution in [0, 0.1) is 23.7 Å². The lowest BCUT2D eigenvalue weighted by Crippen LogP contribution is -2.38. The Kier molecular flexibility index (Phi) is 2.72. The molecule has 1 fully saturated rings. The van der Waals surface area contributed by atoms with Crippen molar-refractivity contribution in [1.29, 1.82) is 0 Å². The van der Waals surface area contributed by atoms with Gasteiger partial charge in [-0.25, -0.2) is 0 Å². The Labute approximate surface area is 91.5 Å². The zero-order valence-corrected chi connectivity index (χ0v) is 8.83. The lowest BCUT2D eigenvalue weighted by molar-refractivity contribution is -0.201. The molecule has 0 heterocycles. The molecule has 16 heavy (non-hydrogen) atoms. The van der Waals surface area contributed by atoms with Crippen LogP contribution < -0.4 is 0 Å². The number of esters is 1.